The van der Waals surface area contributed by atoms with Crippen LogP contribution in [0.3, 0.4) is 0 Å². The van der Waals surface area contributed by atoms with E-state index in [-0.39, 0.29) is 18.2 Å². The smallest absolute Gasteiger partial charge is 0.227 e. The highest BCUT2D eigenvalue weighted by atomic mass is 19.2. The average Bonchev–Trinajstić information content (AvgIpc) is 2.83. The van der Waals surface area contributed by atoms with Crippen molar-refractivity contribution in [2.45, 2.75) is 25.4 Å². The Balaban J connectivity index is 2.00. The lowest BCUT2D eigenvalue weighted by atomic mass is 10.1. The lowest BCUT2D eigenvalue weighted by Crippen LogP contribution is -2.20. The molecule has 1 aliphatic rings. The van der Waals surface area contributed by atoms with Crippen LogP contribution in [0, 0.1) is 17.5 Å². The molecule has 0 saturated carbocycles. The lowest BCUT2D eigenvalue weighted by molar-refractivity contribution is -0.118. The van der Waals surface area contributed by atoms with Crippen molar-refractivity contribution in [1.29, 1.82) is 0 Å². The minimum atomic E-state index is -1.59. The van der Waals surface area contributed by atoms with Gasteiger partial charge in [-0.05, 0) is 25.0 Å². The Morgan fingerprint density at radius 2 is 2.11 bits per heavy atom. The normalized spacial score (nSPS) is 18.9. The zero-order chi connectivity index (χ0) is 13.1. The third-order valence-electron chi connectivity index (χ3n) is 2.75. The van der Waals surface area contributed by atoms with Gasteiger partial charge in [0.1, 0.15) is 0 Å². The van der Waals surface area contributed by atoms with Crippen molar-refractivity contribution in [2.24, 2.45) is 0 Å². The topological polar surface area (TPSA) is 38.3 Å². The number of carbonyl (C=O) groups excluding carboxylic acids is 1. The van der Waals surface area contributed by atoms with Gasteiger partial charge in [0.2, 0.25) is 5.91 Å². The summed E-state index contributed by atoms with van der Waals surface area (Å²) in [7, 11) is 0. The summed E-state index contributed by atoms with van der Waals surface area (Å²) in [6.45, 7) is 0.609. The van der Waals surface area contributed by atoms with Crippen LogP contribution in [0.15, 0.2) is 12.1 Å². The summed E-state index contributed by atoms with van der Waals surface area (Å²) in [5.41, 5.74) is -0.364. The Kier molecular flexibility index (Phi) is 3.86. The van der Waals surface area contributed by atoms with E-state index in [9.17, 15) is 18.0 Å². The maximum atomic E-state index is 13.3. The first-order valence-electron chi connectivity index (χ1n) is 5.63. The van der Waals surface area contributed by atoms with Crippen LogP contribution in [0.25, 0.3) is 0 Å². The molecule has 2 rings (SSSR count). The summed E-state index contributed by atoms with van der Waals surface area (Å²) < 4.78 is 44.1. The van der Waals surface area contributed by atoms with Gasteiger partial charge < -0.3 is 10.1 Å². The van der Waals surface area contributed by atoms with Crippen LogP contribution in [-0.4, -0.2) is 18.6 Å². The summed E-state index contributed by atoms with van der Waals surface area (Å²) in [5.74, 6) is -4.75. The minimum Gasteiger partial charge on any atom is -0.378 e. The predicted molar refractivity (Wildman–Crippen MR) is 58.5 cm³/mol. The summed E-state index contributed by atoms with van der Waals surface area (Å²) >= 11 is 0. The van der Waals surface area contributed by atoms with Crippen LogP contribution in [0.4, 0.5) is 18.9 Å². The van der Waals surface area contributed by atoms with Gasteiger partial charge in [-0.1, -0.05) is 0 Å². The summed E-state index contributed by atoms with van der Waals surface area (Å²) in [4.78, 5) is 11.5. The number of ether oxygens (including phenoxy) is 1. The molecule has 0 aromatic heterocycles. The van der Waals surface area contributed by atoms with Gasteiger partial charge in [-0.15, -0.1) is 0 Å². The number of rotatable bonds is 3. The number of halogens is 3. The molecule has 98 valence electrons. The van der Waals surface area contributed by atoms with Gasteiger partial charge >= 0.3 is 0 Å². The van der Waals surface area contributed by atoms with Gasteiger partial charge in [-0.3, -0.25) is 4.79 Å². The monoisotopic (exact) mass is 259 g/mol. The summed E-state index contributed by atoms with van der Waals surface area (Å²) in [5, 5.41) is 2.20. The standard InChI is InChI=1S/C12H12F3NO2/c13-8-3-4-9(12(15)11(8)14)16-10(17)6-7-2-1-5-18-7/h3-4,7H,1-2,5-6H2,(H,16,17). The van der Waals surface area contributed by atoms with Crippen molar-refractivity contribution >= 4 is 11.6 Å². The Hall–Kier alpha value is -1.56. The van der Waals surface area contributed by atoms with E-state index < -0.39 is 23.4 Å². The molecule has 1 saturated heterocycles. The summed E-state index contributed by atoms with van der Waals surface area (Å²) in [6.07, 6.45) is 1.56. The largest absolute Gasteiger partial charge is 0.378 e. The molecular weight excluding hydrogens is 247 g/mol. The second-order valence-corrected chi connectivity index (χ2v) is 4.11. The average molecular weight is 259 g/mol. The van der Waals surface area contributed by atoms with Gasteiger partial charge in [0, 0.05) is 6.61 Å². The highest BCUT2D eigenvalue weighted by Gasteiger charge is 2.21. The van der Waals surface area contributed by atoms with E-state index in [2.05, 4.69) is 5.32 Å². The fourth-order valence-electron chi connectivity index (χ4n) is 1.84. The van der Waals surface area contributed by atoms with E-state index in [4.69, 9.17) is 4.74 Å². The molecule has 1 unspecified atom stereocenters. The van der Waals surface area contributed by atoms with E-state index in [1.807, 2.05) is 0 Å². The van der Waals surface area contributed by atoms with Gasteiger partial charge in [0.05, 0.1) is 18.2 Å². The van der Waals surface area contributed by atoms with Crippen molar-refractivity contribution < 1.29 is 22.7 Å². The van der Waals surface area contributed by atoms with Crippen molar-refractivity contribution in [3.8, 4) is 0 Å². The fourth-order valence-corrected chi connectivity index (χ4v) is 1.84. The molecule has 0 spiro atoms. The molecule has 1 atom stereocenters. The van der Waals surface area contributed by atoms with Crippen LogP contribution in [0.1, 0.15) is 19.3 Å². The SMILES string of the molecule is O=C(CC1CCCO1)Nc1ccc(F)c(F)c1F. The Labute approximate surface area is 102 Å². The third kappa shape index (κ3) is 2.81. The number of carbonyl (C=O) groups is 1. The van der Waals surface area contributed by atoms with Crippen molar-refractivity contribution in [3.63, 3.8) is 0 Å². The van der Waals surface area contributed by atoms with Gasteiger partial charge in [0.15, 0.2) is 17.5 Å². The van der Waals surface area contributed by atoms with E-state index >= 15 is 0 Å². The molecule has 1 aromatic carbocycles. The number of hydrogen-bond acceptors (Lipinski definition) is 2. The first-order chi connectivity index (χ1) is 8.58. The molecule has 0 bridgehead atoms. The minimum absolute atomic E-state index is 0.0818. The maximum absolute atomic E-state index is 13.3. The van der Waals surface area contributed by atoms with Crippen molar-refractivity contribution in [2.75, 3.05) is 11.9 Å². The lowest BCUT2D eigenvalue weighted by Gasteiger charge is -2.10. The van der Waals surface area contributed by atoms with Crippen molar-refractivity contribution in [3.05, 3.63) is 29.6 Å². The van der Waals surface area contributed by atoms with Crippen LogP contribution >= 0.6 is 0 Å². The molecule has 1 N–H and O–H groups in total. The zero-order valence-electron chi connectivity index (χ0n) is 9.51. The van der Waals surface area contributed by atoms with E-state index in [0.717, 1.165) is 25.0 Å². The Bertz CT molecular complexity index is 459. The molecule has 1 aliphatic heterocycles. The fraction of sp³-hybridized carbons (Fsp3) is 0.417. The number of benzene rings is 1. The Morgan fingerprint density at radius 1 is 1.33 bits per heavy atom. The predicted octanol–water partition coefficient (Wildman–Crippen LogP) is 2.61. The number of anilines is 1. The van der Waals surface area contributed by atoms with Crippen LogP contribution in [-0.2, 0) is 9.53 Å². The molecule has 0 radical (unpaired) electrons. The van der Waals surface area contributed by atoms with Gasteiger partial charge in [-0.25, -0.2) is 13.2 Å². The maximum Gasteiger partial charge on any atom is 0.227 e. The molecule has 1 amide bonds. The molecular formula is C12H12F3NO2. The summed E-state index contributed by atoms with van der Waals surface area (Å²) in [6, 6.07) is 1.75. The van der Waals surface area contributed by atoms with E-state index in [1.54, 1.807) is 0 Å². The second kappa shape index (κ2) is 5.39. The van der Waals surface area contributed by atoms with E-state index in [0.29, 0.717) is 6.61 Å². The van der Waals surface area contributed by atoms with Crippen LogP contribution in [0.5, 0.6) is 0 Å². The third-order valence-corrected chi connectivity index (χ3v) is 2.75. The first kappa shape index (κ1) is 12.9. The van der Waals surface area contributed by atoms with E-state index in [1.165, 1.54) is 0 Å². The van der Waals surface area contributed by atoms with Gasteiger partial charge in [0.25, 0.3) is 0 Å². The first-order valence-corrected chi connectivity index (χ1v) is 5.63. The molecule has 6 heteroatoms. The number of nitrogens with one attached hydrogen (secondary N) is 1. The zero-order valence-corrected chi connectivity index (χ0v) is 9.51. The highest BCUT2D eigenvalue weighted by molar-refractivity contribution is 5.91. The highest BCUT2D eigenvalue weighted by Crippen LogP contribution is 2.21. The number of amides is 1. The molecule has 1 fully saturated rings. The molecule has 3 nitrogen and oxygen atoms in total. The van der Waals surface area contributed by atoms with Crippen LogP contribution < -0.4 is 5.32 Å². The quantitative estimate of drug-likeness (QED) is 0.847. The molecule has 1 heterocycles. The Morgan fingerprint density at radius 3 is 2.78 bits per heavy atom. The number of hydrogen-bond donors (Lipinski definition) is 1. The molecule has 18 heavy (non-hydrogen) atoms. The van der Waals surface area contributed by atoms with Crippen LogP contribution in [0.2, 0.25) is 0 Å². The molecule has 0 aliphatic carbocycles. The van der Waals surface area contributed by atoms with Gasteiger partial charge in [-0.2, -0.15) is 0 Å². The molecule has 1 aromatic rings. The van der Waals surface area contributed by atoms with Crippen molar-refractivity contribution in [1.82, 2.24) is 0 Å². The second-order valence-electron chi connectivity index (χ2n) is 4.11.